The molecule has 4 nitrogen and oxygen atoms in total. The first kappa shape index (κ1) is 8.07. The molecular formula is C9H9NO3. The van der Waals surface area contributed by atoms with Gasteiger partial charge in [0.05, 0.1) is 12.5 Å². The highest BCUT2D eigenvalue weighted by Crippen LogP contribution is 2.33. The number of ether oxygens (including phenoxy) is 1. The van der Waals surface area contributed by atoms with Crippen LogP contribution in [0.5, 0.6) is 5.75 Å². The molecule has 0 spiro atoms. The van der Waals surface area contributed by atoms with Crippen LogP contribution < -0.4 is 10.5 Å². The van der Waals surface area contributed by atoms with Gasteiger partial charge in [-0.05, 0) is 6.07 Å². The highest BCUT2D eigenvalue weighted by molar-refractivity contribution is 5.76. The molecule has 1 atom stereocenters. The Kier molecular flexibility index (Phi) is 1.70. The van der Waals surface area contributed by atoms with Gasteiger partial charge in [0, 0.05) is 17.3 Å². The number of aliphatic hydroxyl groups excluding tert-OH is 1. The van der Waals surface area contributed by atoms with Crippen molar-refractivity contribution < 1.29 is 14.6 Å². The van der Waals surface area contributed by atoms with Crippen molar-refractivity contribution >= 4 is 11.7 Å². The number of anilines is 1. The SMILES string of the molecule is Nc1ccc2c(c1)OC(=O)CC2O. The van der Waals surface area contributed by atoms with E-state index in [1.165, 1.54) is 6.07 Å². The smallest absolute Gasteiger partial charge is 0.314 e. The molecule has 0 fully saturated rings. The van der Waals surface area contributed by atoms with Crippen molar-refractivity contribution in [1.29, 1.82) is 0 Å². The van der Waals surface area contributed by atoms with Gasteiger partial charge in [-0.15, -0.1) is 0 Å². The minimum absolute atomic E-state index is 0.0108. The number of esters is 1. The Morgan fingerprint density at radius 3 is 3.08 bits per heavy atom. The maximum absolute atomic E-state index is 10.9. The van der Waals surface area contributed by atoms with Crippen LogP contribution in [-0.4, -0.2) is 11.1 Å². The molecule has 0 radical (unpaired) electrons. The molecule has 0 aliphatic carbocycles. The zero-order valence-corrected chi connectivity index (χ0v) is 6.86. The summed E-state index contributed by atoms with van der Waals surface area (Å²) in [5.41, 5.74) is 6.63. The van der Waals surface area contributed by atoms with Crippen LogP contribution in [0, 0.1) is 0 Å². The second-order valence-corrected chi connectivity index (χ2v) is 2.99. The monoisotopic (exact) mass is 179 g/mol. The van der Waals surface area contributed by atoms with Crippen LogP contribution in [0.15, 0.2) is 18.2 Å². The number of aliphatic hydroxyl groups is 1. The Bertz CT molecular complexity index is 362. The summed E-state index contributed by atoms with van der Waals surface area (Å²) in [4.78, 5) is 10.9. The summed E-state index contributed by atoms with van der Waals surface area (Å²) in [6.07, 6.45) is -0.756. The van der Waals surface area contributed by atoms with Gasteiger partial charge < -0.3 is 15.6 Å². The predicted molar refractivity (Wildman–Crippen MR) is 46.1 cm³/mol. The van der Waals surface area contributed by atoms with E-state index in [4.69, 9.17) is 10.5 Å². The third kappa shape index (κ3) is 1.36. The van der Waals surface area contributed by atoms with E-state index in [1.54, 1.807) is 12.1 Å². The van der Waals surface area contributed by atoms with Crippen molar-refractivity contribution in [1.82, 2.24) is 0 Å². The largest absolute Gasteiger partial charge is 0.426 e. The van der Waals surface area contributed by atoms with E-state index >= 15 is 0 Å². The van der Waals surface area contributed by atoms with Crippen LogP contribution in [0.1, 0.15) is 18.1 Å². The summed E-state index contributed by atoms with van der Waals surface area (Å²) in [7, 11) is 0. The van der Waals surface area contributed by atoms with E-state index in [0.29, 0.717) is 17.0 Å². The molecule has 1 aliphatic rings. The summed E-state index contributed by atoms with van der Waals surface area (Å²) < 4.78 is 4.90. The average molecular weight is 179 g/mol. The van der Waals surface area contributed by atoms with Crippen LogP contribution in [0.3, 0.4) is 0 Å². The molecule has 1 aromatic carbocycles. The number of benzene rings is 1. The number of hydrogen-bond acceptors (Lipinski definition) is 4. The number of fused-ring (bicyclic) bond motifs is 1. The normalized spacial score (nSPS) is 20.7. The molecule has 0 amide bonds. The molecule has 0 saturated carbocycles. The summed E-state index contributed by atoms with van der Waals surface area (Å²) >= 11 is 0. The van der Waals surface area contributed by atoms with E-state index in [2.05, 4.69) is 0 Å². The van der Waals surface area contributed by atoms with Crippen molar-refractivity contribution in [2.45, 2.75) is 12.5 Å². The Morgan fingerprint density at radius 1 is 1.54 bits per heavy atom. The Hall–Kier alpha value is -1.55. The number of nitrogens with two attached hydrogens (primary N) is 1. The van der Waals surface area contributed by atoms with Gasteiger partial charge >= 0.3 is 5.97 Å². The maximum Gasteiger partial charge on any atom is 0.314 e. The molecule has 0 bridgehead atoms. The van der Waals surface area contributed by atoms with E-state index in [1.807, 2.05) is 0 Å². The van der Waals surface area contributed by atoms with Gasteiger partial charge in [-0.2, -0.15) is 0 Å². The second kappa shape index (κ2) is 2.74. The molecule has 13 heavy (non-hydrogen) atoms. The van der Waals surface area contributed by atoms with Crippen molar-refractivity contribution in [3.8, 4) is 5.75 Å². The first-order valence-electron chi connectivity index (χ1n) is 3.95. The Balaban J connectivity index is 2.49. The Labute approximate surface area is 74.9 Å². The number of carbonyl (C=O) groups is 1. The lowest BCUT2D eigenvalue weighted by molar-refractivity contribution is -0.138. The molecule has 0 saturated heterocycles. The maximum atomic E-state index is 10.9. The molecule has 4 heteroatoms. The van der Waals surface area contributed by atoms with Gasteiger partial charge in [-0.3, -0.25) is 4.79 Å². The summed E-state index contributed by atoms with van der Waals surface area (Å²) in [6.45, 7) is 0. The lowest BCUT2D eigenvalue weighted by Gasteiger charge is -2.20. The van der Waals surface area contributed by atoms with Gasteiger partial charge in [0.15, 0.2) is 0 Å². The molecule has 68 valence electrons. The lowest BCUT2D eigenvalue weighted by atomic mass is 10.0. The Morgan fingerprint density at radius 2 is 2.31 bits per heavy atom. The van der Waals surface area contributed by atoms with E-state index in [-0.39, 0.29) is 6.42 Å². The van der Waals surface area contributed by atoms with Crippen LogP contribution in [0.4, 0.5) is 5.69 Å². The predicted octanol–water partition coefficient (Wildman–Crippen LogP) is 0.611. The molecule has 1 aliphatic heterocycles. The fraction of sp³-hybridized carbons (Fsp3) is 0.222. The minimum atomic E-state index is -0.767. The molecule has 3 N–H and O–H groups in total. The minimum Gasteiger partial charge on any atom is -0.426 e. The van der Waals surface area contributed by atoms with Crippen LogP contribution >= 0.6 is 0 Å². The van der Waals surface area contributed by atoms with E-state index in [0.717, 1.165) is 0 Å². The molecule has 0 aromatic heterocycles. The van der Waals surface area contributed by atoms with Gasteiger partial charge in [-0.25, -0.2) is 0 Å². The zero-order chi connectivity index (χ0) is 9.42. The first-order valence-corrected chi connectivity index (χ1v) is 3.95. The molecule has 1 heterocycles. The van der Waals surface area contributed by atoms with Crippen molar-refractivity contribution in [3.05, 3.63) is 23.8 Å². The molecular weight excluding hydrogens is 170 g/mol. The van der Waals surface area contributed by atoms with Crippen molar-refractivity contribution in [3.63, 3.8) is 0 Å². The van der Waals surface area contributed by atoms with Crippen LogP contribution in [0.2, 0.25) is 0 Å². The van der Waals surface area contributed by atoms with Crippen LogP contribution in [-0.2, 0) is 4.79 Å². The van der Waals surface area contributed by atoms with Gasteiger partial charge in [-0.1, -0.05) is 6.07 Å². The molecule has 1 aromatic rings. The molecule has 2 rings (SSSR count). The van der Waals surface area contributed by atoms with Crippen molar-refractivity contribution in [2.75, 3.05) is 5.73 Å². The standard InChI is InChI=1S/C9H9NO3/c10-5-1-2-6-7(11)4-9(12)13-8(6)3-5/h1-3,7,11H,4,10H2. The summed E-state index contributed by atoms with van der Waals surface area (Å²) in [6, 6.07) is 4.87. The fourth-order valence-electron chi connectivity index (χ4n) is 1.35. The van der Waals surface area contributed by atoms with Gasteiger partial charge in [0.2, 0.25) is 0 Å². The average Bonchev–Trinajstić information content (AvgIpc) is 2.02. The summed E-state index contributed by atoms with van der Waals surface area (Å²) in [5, 5.41) is 9.48. The highest BCUT2D eigenvalue weighted by atomic mass is 16.5. The fourth-order valence-corrected chi connectivity index (χ4v) is 1.35. The highest BCUT2D eigenvalue weighted by Gasteiger charge is 2.24. The van der Waals surface area contributed by atoms with E-state index in [9.17, 15) is 9.90 Å². The zero-order valence-electron chi connectivity index (χ0n) is 6.86. The van der Waals surface area contributed by atoms with Crippen LogP contribution in [0.25, 0.3) is 0 Å². The van der Waals surface area contributed by atoms with Crippen molar-refractivity contribution in [2.24, 2.45) is 0 Å². The number of hydrogen-bond donors (Lipinski definition) is 2. The second-order valence-electron chi connectivity index (χ2n) is 2.99. The number of carbonyl (C=O) groups excluding carboxylic acids is 1. The third-order valence-electron chi connectivity index (χ3n) is 1.98. The van der Waals surface area contributed by atoms with Gasteiger partial charge in [0.25, 0.3) is 0 Å². The topological polar surface area (TPSA) is 72.5 Å². The molecule has 1 unspecified atom stereocenters. The van der Waals surface area contributed by atoms with E-state index < -0.39 is 12.1 Å². The lowest BCUT2D eigenvalue weighted by Crippen LogP contribution is -2.19. The third-order valence-corrected chi connectivity index (χ3v) is 1.98. The first-order chi connectivity index (χ1) is 6.16. The quantitative estimate of drug-likeness (QED) is 0.347. The number of rotatable bonds is 0. The summed E-state index contributed by atoms with van der Waals surface area (Å²) in [5.74, 6) is -0.0608. The van der Waals surface area contributed by atoms with Gasteiger partial charge in [0.1, 0.15) is 5.75 Å². The number of nitrogen functional groups attached to an aromatic ring is 1.